The minimum atomic E-state index is 0.592. The lowest BCUT2D eigenvalue weighted by Gasteiger charge is -2.15. The van der Waals surface area contributed by atoms with Crippen LogP contribution in [0.4, 0.5) is 0 Å². The highest BCUT2D eigenvalue weighted by Gasteiger charge is 2.26. The van der Waals surface area contributed by atoms with Crippen LogP contribution in [0, 0.1) is 5.41 Å². The predicted molar refractivity (Wildman–Crippen MR) is 67.2 cm³/mol. The fourth-order valence-electron chi connectivity index (χ4n) is 1.63. The Morgan fingerprint density at radius 2 is 1.93 bits per heavy atom. The second-order valence-electron chi connectivity index (χ2n) is 4.76. The highest BCUT2D eigenvalue weighted by Crippen LogP contribution is 2.26. The monoisotopic (exact) mass is 216 g/mol. The first kappa shape index (κ1) is 17.0. The van der Waals surface area contributed by atoms with E-state index in [1.54, 1.807) is 0 Å². The zero-order valence-corrected chi connectivity index (χ0v) is 11.1. The molecule has 0 saturated carbocycles. The lowest BCUT2D eigenvalue weighted by molar-refractivity contribution is -0.0979. The predicted octanol–water partition coefficient (Wildman–Crippen LogP) is 1.78. The molecule has 1 heterocycles. The van der Waals surface area contributed by atoms with Gasteiger partial charge in [-0.15, -0.1) is 0 Å². The number of likely N-dealkylation sites (tertiary alicyclic amines) is 1. The molecular weight excluding hydrogens is 188 g/mol. The summed E-state index contributed by atoms with van der Waals surface area (Å²) in [6.45, 7) is 12.5. The number of nitrogens with one attached hydrogen (secondary N) is 1. The van der Waals surface area contributed by atoms with Crippen LogP contribution >= 0.6 is 0 Å². The first-order valence-corrected chi connectivity index (χ1v) is 5.64. The van der Waals surface area contributed by atoms with Crippen molar-refractivity contribution in [3.63, 3.8) is 0 Å². The molecule has 0 radical (unpaired) electrons. The summed E-state index contributed by atoms with van der Waals surface area (Å²) in [4.78, 5) is 10.4. The van der Waals surface area contributed by atoms with E-state index in [0.29, 0.717) is 5.41 Å². The summed E-state index contributed by atoms with van der Waals surface area (Å²) in [5.74, 6) is 0. The van der Waals surface area contributed by atoms with Crippen molar-refractivity contribution in [2.45, 2.75) is 33.6 Å². The van der Waals surface area contributed by atoms with Gasteiger partial charge in [0.15, 0.2) is 0 Å². The fourth-order valence-corrected chi connectivity index (χ4v) is 1.63. The molecule has 1 rings (SSSR count). The third-order valence-electron chi connectivity index (χ3n) is 2.37. The SMILES string of the molecule is C=O.CCCNC.CN1CCC(C)(C)C1. The van der Waals surface area contributed by atoms with Crippen LogP contribution in [0.5, 0.6) is 0 Å². The Labute approximate surface area is 95.2 Å². The maximum Gasteiger partial charge on any atom is 0.106 e. The summed E-state index contributed by atoms with van der Waals surface area (Å²) in [6.07, 6.45) is 2.60. The smallest absolute Gasteiger partial charge is 0.106 e. The normalized spacial score (nSPS) is 18.5. The molecule has 0 aromatic rings. The lowest BCUT2D eigenvalue weighted by Crippen LogP contribution is -2.18. The van der Waals surface area contributed by atoms with Gasteiger partial charge in [0, 0.05) is 6.54 Å². The van der Waals surface area contributed by atoms with Crippen molar-refractivity contribution < 1.29 is 4.79 Å². The van der Waals surface area contributed by atoms with Crippen LogP contribution in [-0.4, -0.2) is 45.4 Å². The molecule has 0 aromatic heterocycles. The number of hydrogen-bond donors (Lipinski definition) is 1. The fraction of sp³-hybridized carbons (Fsp3) is 0.917. The van der Waals surface area contributed by atoms with Gasteiger partial charge in [-0.05, 0) is 45.4 Å². The Bertz CT molecular complexity index is 136. The molecule has 1 aliphatic rings. The van der Waals surface area contributed by atoms with Crippen molar-refractivity contribution >= 4 is 6.79 Å². The molecule has 0 unspecified atom stereocenters. The molecule has 1 N–H and O–H groups in total. The Morgan fingerprint density at radius 3 is 2.00 bits per heavy atom. The number of carbonyl (C=O) groups is 1. The third kappa shape index (κ3) is 11.5. The molecular formula is C12H28N2O. The summed E-state index contributed by atoms with van der Waals surface area (Å²) >= 11 is 0. The lowest BCUT2D eigenvalue weighted by atomic mass is 9.93. The Kier molecular flexibility index (Phi) is 11.5. The van der Waals surface area contributed by atoms with E-state index < -0.39 is 0 Å². The van der Waals surface area contributed by atoms with Gasteiger partial charge < -0.3 is 15.0 Å². The van der Waals surface area contributed by atoms with Crippen molar-refractivity contribution in [3.05, 3.63) is 0 Å². The summed E-state index contributed by atoms with van der Waals surface area (Å²) in [6, 6.07) is 0. The third-order valence-corrected chi connectivity index (χ3v) is 2.37. The van der Waals surface area contributed by atoms with E-state index in [2.05, 4.69) is 38.0 Å². The van der Waals surface area contributed by atoms with Crippen molar-refractivity contribution in [1.82, 2.24) is 10.2 Å². The minimum Gasteiger partial charge on any atom is -0.320 e. The van der Waals surface area contributed by atoms with E-state index in [4.69, 9.17) is 4.79 Å². The number of carbonyl (C=O) groups excluding carboxylic acids is 1. The Morgan fingerprint density at radius 1 is 1.40 bits per heavy atom. The van der Waals surface area contributed by atoms with Gasteiger partial charge in [-0.2, -0.15) is 0 Å². The van der Waals surface area contributed by atoms with Crippen LogP contribution in [-0.2, 0) is 4.79 Å². The molecule has 0 aliphatic carbocycles. The molecule has 1 aliphatic heterocycles. The van der Waals surface area contributed by atoms with E-state index in [9.17, 15) is 0 Å². The van der Waals surface area contributed by atoms with Gasteiger partial charge in [-0.25, -0.2) is 0 Å². The first-order chi connectivity index (χ1) is 7.02. The van der Waals surface area contributed by atoms with Gasteiger partial charge >= 0.3 is 0 Å². The van der Waals surface area contributed by atoms with Crippen LogP contribution in [0.25, 0.3) is 0 Å². The zero-order chi connectivity index (χ0) is 12.3. The minimum absolute atomic E-state index is 0.592. The zero-order valence-electron chi connectivity index (χ0n) is 11.1. The maximum atomic E-state index is 8.00. The number of rotatable bonds is 2. The number of hydrogen-bond acceptors (Lipinski definition) is 3. The summed E-state index contributed by atoms with van der Waals surface area (Å²) in [5, 5.41) is 3.02. The highest BCUT2D eigenvalue weighted by atomic mass is 16.1. The van der Waals surface area contributed by atoms with Gasteiger partial charge in [-0.1, -0.05) is 20.8 Å². The summed E-state index contributed by atoms with van der Waals surface area (Å²) < 4.78 is 0. The van der Waals surface area contributed by atoms with Gasteiger partial charge in [0.25, 0.3) is 0 Å². The van der Waals surface area contributed by atoms with E-state index in [1.165, 1.54) is 25.9 Å². The Hall–Kier alpha value is -0.410. The highest BCUT2D eigenvalue weighted by molar-refractivity contribution is 5.10. The van der Waals surface area contributed by atoms with E-state index in [0.717, 1.165) is 6.54 Å². The molecule has 3 heteroatoms. The molecule has 15 heavy (non-hydrogen) atoms. The first-order valence-electron chi connectivity index (χ1n) is 5.64. The van der Waals surface area contributed by atoms with Crippen LogP contribution in [0.2, 0.25) is 0 Å². The van der Waals surface area contributed by atoms with Crippen LogP contribution in [0.1, 0.15) is 33.6 Å². The van der Waals surface area contributed by atoms with Crippen molar-refractivity contribution in [3.8, 4) is 0 Å². The largest absolute Gasteiger partial charge is 0.320 e. The summed E-state index contributed by atoms with van der Waals surface area (Å²) in [7, 11) is 4.15. The average molecular weight is 216 g/mol. The van der Waals surface area contributed by atoms with Crippen LogP contribution < -0.4 is 5.32 Å². The second-order valence-corrected chi connectivity index (χ2v) is 4.76. The van der Waals surface area contributed by atoms with Crippen molar-refractivity contribution in [2.75, 3.05) is 33.7 Å². The van der Waals surface area contributed by atoms with Gasteiger partial charge in [0.05, 0.1) is 0 Å². The van der Waals surface area contributed by atoms with Crippen molar-refractivity contribution in [2.24, 2.45) is 5.41 Å². The van der Waals surface area contributed by atoms with Crippen LogP contribution in [0.3, 0.4) is 0 Å². The molecule has 0 bridgehead atoms. The van der Waals surface area contributed by atoms with Gasteiger partial charge in [-0.3, -0.25) is 0 Å². The Balaban J connectivity index is 0. The molecule has 0 aromatic carbocycles. The average Bonchev–Trinajstić information content (AvgIpc) is 2.50. The van der Waals surface area contributed by atoms with Gasteiger partial charge in [0.2, 0.25) is 0 Å². The van der Waals surface area contributed by atoms with Crippen molar-refractivity contribution in [1.29, 1.82) is 0 Å². The topological polar surface area (TPSA) is 32.3 Å². The molecule has 3 nitrogen and oxygen atoms in total. The van der Waals surface area contributed by atoms with Crippen LogP contribution in [0.15, 0.2) is 0 Å². The second kappa shape index (κ2) is 10.1. The number of nitrogens with zero attached hydrogens (tertiary/aromatic N) is 1. The van der Waals surface area contributed by atoms with Gasteiger partial charge in [0.1, 0.15) is 6.79 Å². The molecule has 0 atom stereocenters. The molecule has 1 saturated heterocycles. The van der Waals surface area contributed by atoms with E-state index >= 15 is 0 Å². The standard InChI is InChI=1S/C7H15N.C4H11N.CH2O/c1-7(2)4-5-8(3)6-7;1-3-4-5-2;1-2/h4-6H2,1-3H3;5H,3-4H2,1-2H3;1H2. The van der Waals surface area contributed by atoms with E-state index in [-0.39, 0.29) is 0 Å². The van der Waals surface area contributed by atoms with E-state index in [1.807, 2.05) is 13.8 Å². The quantitative estimate of drug-likeness (QED) is 0.763. The molecule has 0 spiro atoms. The maximum absolute atomic E-state index is 8.00. The molecule has 1 fully saturated rings. The molecule has 0 amide bonds. The molecule has 92 valence electrons. The summed E-state index contributed by atoms with van der Waals surface area (Å²) in [5.41, 5.74) is 0.592.